The zero-order valence-corrected chi connectivity index (χ0v) is 16.0. The van der Waals surface area contributed by atoms with Gasteiger partial charge in [0, 0.05) is 33.3 Å². The molecule has 2 amide bonds. The second-order valence-corrected chi connectivity index (χ2v) is 7.65. The molecule has 0 aliphatic carbocycles. The summed E-state index contributed by atoms with van der Waals surface area (Å²) in [6.45, 7) is 6.37. The molecule has 2 aliphatic heterocycles. The average molecular weight is 371 g/mol. The summed E-state index contributed by atoms with van der Waals surface area (Å²) in [6.07, 6.45) is 4.37. The predicted octanol–water partition coefficient (Wildman–Crippen LogP) is 1.16. The molecule has 0 unspecified atom stereocenters. The molecule has 0 N–H and O–H groups in total. The molecule has 2 saturated heterocycles. The first kappa shape index (κ1) is 17.8. The number of carbonyl (C=O) groups excluding carboxylic acids is 2. The molecule has 2 fully saturated rings. The molecule has 0 radical (unpaired) electrons. The average Bonchev–Trinajstić information content (AvgIpc) is 3.32. The molecule has 2 aliphatic rings. The highest BCUT2D eigenvalue weighted by Crippen LogP contribution is 2.35. The molecular weight excluding hydrogens is 346 g/mol. The van der Waals surface area contributed by atoms with Crippen LogP contribution in [-0.4, -0.2) is 63.1 Å². The van der Waals surface area contributed by atoms with Crippen molar-refractivity contribution in [2.75, 3.05) is 31.1 Å². The molecule has 2 aromatic rings. The fourth-order valence-electron chi connectivity index (χ4n) is 4.30. The molecule has 27 heavy (non-hydrogen) atoms. The van der Waals surface area contributed by atoms with Crippen molar-refractivity contribution in [3.8, 4) is 0 Å². The normalized spacial score (nSPS) is 23.6. The fraction of sp³-hybridized carbons (Fsp3) is 0.526. The second-order valence-electron chi connectivity index (χ2n) is 7.65. The number of hydrogen-bond acceptors (Lipinski definition) is 5. The van der Waals surface area contributed by atoms with Crippen molar-refractivity contribution >= 4 is 17.5 Å². The molecule has 0 aromatic carbocycles. The van der Waals surface area contributed by atoms with Gasteiger partial charge in [-0.1, -0.05) is 0 Å². The van der Waals surface area contributed by atoms with Gasteiger partial charge in [0.15, 0.2) is 0 Å². The van der Waals surface area contributed by atoms with Crippen molar-refractivity contribution in [1.82, 2.24) is 19.6 Å². The van der Waals surface area contributed by atoms with Gasteiger partial charge < -0.3 is 14.2 Å². The summed E-state index contributed by atoms with van der Waals surface area (Å²) in [5, 5.41) is 4.19. The van der Waals surface area contributed by atoms with Crippen molar-refractivity contribution < 1.29 is 14.0 Å². The van der Waals surface area contributed by atoms with Crippen LogP contribution in [0, 0.1) is 6.92 Å². The molecule has 4 heterocycles. The summed E-state index contributed by atoms with van der Waals surface area (Å²) in [6, 6.07) is 3.96. The van der Waals surface area contributed by atoms with Crippen LogP contribution in [0.3, 0.4) is 0 Å². The highest BCUT2D eigenvalue weighted by Gasteiger charge is 2.50. The minimum atomic E-state index is -0.378. The standard InChI is InChI=1S/C19H25N5O3/c1-14-4-5-17(27-14)10-22-7-6-19(12-22)13-23(16-8-20-21(3)9-16)18(26)11-24(19)15(2)25/h4-5,8-9H,6-7,10-13H2,1-3H3/t19-/m1/s1. The lowest BCUT2D eigenvalue weighted by Gasteiger charge is -2.47. The summed E-state index contributed by atoms with van der Waals surface area (Å²) in [4.78, 5) is 30.9. The Bertz CT molecular complexity index is 872. The Morgan fingerprint density at radius 2 is 2.15 bits per heavy atom. The molecule has 0 saturated carbocycles. The maximum absolute atomic E-state index is 12.7. The van der Waals surface area contributed by atoms with E-state index in [1.54, 1.807) is 27.6 Å². The summed E-state index contributed by atoms with van der Waals surface area (Å²) >= 11 is 0. The van der Waals surface area contributed by atoms with Crippen molar-refractivity contribution in [2.45, 2.75) is 32.4 Å². The largest absolute Gasteiger partial charge is 0.465 e. The predicted molar refractivity (Wildman–Crippen MR) is 99.0 cm³/mol. The van der Waals surface area contributed by atoms with E-state index >= 15 is 0 Å². The maximum atomic E-state index is 12.7. The Labute approximate surface area is 158 Å². The minimum Gasteiger partial charge on any atom is -0.465 e. The van der Waals surface area contributed by atoms with Gasteiger partial charge in [-0.15, -0.1) is 0 Å². The van der Waals surface area contributed by atoms with Crippen molar-refractivity contribution in [2.24, 2.45) is 7.05 Å². The molecule has 8 nitrogen and oxygen atoms in total. The van der Waals surface area contributed by atoms with Crippen molar-refractivity contribution in [1.29, 1.82) is 0 Å². The van der Waals surface area contributed by atoms with Crippen LogP contribution in [0.15, 0.2) is 28.9 Å². The van der Waals surface area contributed by atoms with Crippen LogP contribution in [0.4, 0.5) is 5.69 Å². The first-order valence-electron chi connectivity index (χ1n) is 9.21. The van der Waals surface area contributed by atoms with E-state index in [0.29, 0.717) is 13.1 Å². The van der Waals surface area contributed by atoms with Gasteiger partial charge in [-0.05, 0) is 25.5 Å². The van der Waals surface area contributed by atoms with E-state index in [4.69, 9.17) is 4.42 Å². The number of nitrogens with zero attached hydrogens (tertiary/aromatic N) is 5. The maximum Gasteiger partial charge on any atom is 0.246 e. The lowest BCUT2D eigenvalue weighted by Crippen LogP contribution is -2.66. The third-order valence-corrected chi connectivity index (χ3v) is 5.59. The first-order valence-corrected chi connectivity index (χ1v) is 9.21. The molecule has 0 bridgehead atoms. The molecule has 1 spiro atoms. The van der Waals surface area contributed by atoms with Crippen LogP contribution in [0.1, 0.15) is 24.9 Å². The van der Waals surface area contributed by atoms with Gasteiger partial charge in [0.1, 0.15) is 18.1 Å². The van der Waals surface area contributed by atoms with Crippen molar-refractivity contribution in [3.63, 3.8) is 0 Å². The van der Waals surface area contributed by atoms with E-state index in [0.717, 1.165) is 36.7 Å². The Balaban J connectivity index is 1.57. The third kappa shape index (κ3) is 3.25. The number of anilines is 1. The van der Waals surface area contributed by atoms with Crippen LogP contribution in [0.25, 0.3) is 0 Å². The highest BCUT2D eigenvalue weighted by molar-refractivity contribution is 5.98. The summed E-state index contributed by atoms with van der Waals surface area (Å²) < 4.78 is 7.40. The van der Waals surface area contributed by atoms with E-state index < -0.39 is 0 Å². The number of rotatable bonds is 3. The molecule has 4 rings (SSSR count). The lowest BCUT2D eigenvalue weighted by molar-refractivity contribution is -0.142. The van der Waals surface area contributed by atoms with Gasteiger partial charge in [-0.25, -0.2) is 0 Å². The third-order valence-electron chi connectivity index (χ3n) is 5.59. The van der Waals surface area contributed by atoms with Crippen molar-refractivity contribution in [3.05, 3.63) is 36.0 Å². The zero-order valence-electron chi connectivity index (χ0n) is 16.0. The number of furan rings is 1. The van der Waals surface area contributed by atoms with E-state index in [1.807, 2.05) is 32.3 Å². The number of aryl methyl sites for hydroxylation is 2. The van der Waals surface area contributed by atoms with Crippen LogP contribution >= 0.6 is 0 Å². The first-order chi connectivity index (χ1) is 12.9. The van der Waals surface area contributed by atoms with Gasteiger partial charge in [-0.3, -0.25) is 19.2 Å². The number of amides is 2. The fourth-order valence-corrected chi connectivity index (χ4v) is 4.30. The monoisotopic (exact) mass is 371 g/mol. The SMILES string of the molecule is CC(=O)N1CC(=O)N(c2cnn(C)c2)C[C@]12CCN(Cc1ccc(C)o1)C2. The summed E-state index contributed by atoms with van der Waals surface area (Å²) in [7, 11) is 1.83. The van der Waals surface area contributed by atoms with Crippen LogP contribution in [0.5, 0.6) is 0 Å². The van der Waals surface area contributed by atoms with Gasteiger partial charge >= 0.3 is 0 Å². The van der Waals surface area contributed by atoms with E-state index in [2.05, 4.69) is 10.00 Å². The number of likely N-dealkylation sites (tertiary alicyclic amines) is 1. The van der Waals surface area contributed by atoms with Crippen LogP contribution in [0.2, 0.25) is 0 Å². The highest BCUT2D eigenvalue weighted by atomic mass is 16.3. The zero-order chi connectivity index (χ0) is 19.2. The summed E-state index contributed by atoms with van der Waals surface area (Å²) in [5.41, 5.74) is 0.405. The smallest absolute Gasteiger partial charge is 0.246 e. The topological polar surface area (TPSA) is 74.8 Å². The Morgan fingerprint density at radius 1 is 1.33 bits per heavy atom. The number of piperazine rings is 1. The molecule has 2 aromatic heterocycles. The van der Waals surface area contributed by atoms with E-state index in [9.17, 15) is 9.59 Å². The number of hydrogen-bond donors (Lipinski definition) is 0. The molecule has 144 valence electrons. The van der Waals surface area contributed by atoms with Crippen LogP contribution in [-0.2, 0) is 23.2 Å². The Kier molecular flexibility index (Phi) is 4.30. The minimum absolute atomic E-state index is 0.0510. The quantitative estimate of drug-likeness (QED) is 0.809. The van der Waals surface area contributed by atoms with E-state index in [-0.39, 0.29) is 23.9 Å². The lowest BCUT2D eigenvalue weighted by atomic mass is 9.92. The number of aromatic nitrogens is 2. The van der Waals surface area contributed by atoms with Gasteiger partial charge in [-0.2, -0.15) is 5.10 Å². The molecule has 1 atom stereocenters. The molecule has 8 heteroatoms. The Hall–Kier alpha value is -2.61. The van der Waals surface area contributed by atoms with Gasteiger partial charge in [0.05, 0.1) is 30.5 Å². The summed E-state index contributed by atoms with van der Waals surface area (Å²) in [5.74, 6) is 1.71. The second kappa shape index (κ2) is 6.53. The van der Waals surface area contributed by atoms with Gasteiger partial charge in [0.2, 0.25) is 11.8 Å². The van der Waals surface area contributed by atoms with Crippen LogP contribution < -0.4 is 4.90 Å². The van der Waals surface area contributed by atoms with Gasteiger partial charge in [0.25, 0.3) is 0 Å². The number of carbonyl (C=O) groups is 2. The Morgan fingerprint density at radius 3 is 2.78 bits per heavy atom. The van der Waals surface area contributed by atoms with E-state index in [1.165, 1.54) is 0 Å². The molecular formula is C19H25N5O3.